The molecule has 2 aromatic carbocycles. The van der Waals surface area contributed by atoms with Crippen LogP contribution in [0.1, 0.15) is 28.4 Å². The van der Waals surface area contributed by atoms with Crippen molar-refractivity contribution < 1.29 is 14.3 Å². The molecule has 120 valence electrons. The van der Waals surface area contributed by atoms with Gasteiger partial charge >= 0.3 is 0 Å². The molecule has 0 aliphatic heterocycles. The topological polar surface area (TPSA) is 59.9 Å². The lowest BCUT2D eigenvalue weighted by Gasteiger charge is -2.09. The third-order valence-corrected chi connectivity index (χ3v) is 3.18. The number of ether oxygens (including phenoxy) is 2. The number of methoxy groups -OCH3 is 1. The molecule has 0 aliphatic rings. The quantitative estimate of drug-likeness (QED) is 0.658. The Labute approximate surface area is 135 Å². The average molecular weight is 312 g/mol. The predicted octanol–water partition coefficient (Wildman–Crippen LogP) is 3.17. The van der Waals surface area contributed by atoms with E-state index in [0.29, 0.717) is 23.7 Å². The predicted molar refractivity (Wildman–Crippen MR) is 90.4 cm³/mol. The Morgan fingerprint density at radius 2 is 1.91 bits per heavy atom. The zero-order valence-corrected chi connectivity index (χ0v) is 13.5. The fourth-order valence-corrected chi connectivity index (χ4v) is 1.97. The van der Waals surface area contributed by atoms with Gasteiger partial charge in [-0.3, -0.25) is 4.79 Å². The Kier molecular flexibility index (Phi) is 5.74. The van der Waals surface area contributed by atoms with E-state index in [-0.39, 0.29) is 5.91 Å². The summed E-state index contributed by atoms with van der Waals surface area (Å²) in [6.45, 7) is 4.45. The van der Waals surface area contributed by atoms with Crippen LogP contribution in [0.4, 0.5) is 0 Å². The normalized spacial score (nSPS) is 10.6. The molecule has 0 heterocycles. The highest BCUT2D eigenvalue weighted by molar-refractivity contribution is 5.94. The summed E-state index contributed by atoms with van der Waals surface area (Å²) in [6.07, 6.45) is 1.56. The van der Waals surface area contributed by atoms with Gasteiger partial charge in [0.2, 0.25) is 0 Å². The summed E-state index contributed by atoms with van der Waals surface area (Å²) < 4.78 is 10.7. The van der Waals surface area contributed by atoms with Crippen LogP contribution in [0.5, 0.6) is 11.5 Å². The van der Waals surface area contributed by atoms with Gasteiger partial charge < -0.3 is 9.47 Å². The highest BCUT2D eigenvalue weighted by atomic mass is 16.5. The molecule has 2 aromatic rings. The Morgan fingerprint density at radius 1 is 1.17 bits per heavy atom. The summed E-state index contributed by atoms with van der Waals surface area (Å²) in [5.74, 6) is 1.05. The van der Waals surface area contributed by atoms with E-state index in [2.05, 4.69) is 10.5 Å². The first kappa shape index (κ1) is 16.5. The number of benzene rings is 2. The molecular formula is C18H20N2O3. The monoisotopic (exact) mass is 312 g/mol. The second-order valence-electron chi connectivity index (χ2n) is 4.91. The Morgan fingerprint density at radius 3 is 2.57 bits per heavy atom. The lowest BCUT2D eigenvalue weighted by molar-refractivity contribution is 0.0955. The van der Waals surface area contributed by atoms with Crippen molar-refractivity contribution in [2.45, 2.75) is 13.8 Å². The van der Waals surface area contributed by atoms with E-state index < -0.39 is 0 Å². The van der Waals surface area contributed by atoms with Crippen LogP contribution in [0, 0.1) is 6.92 Å². The van der Waals surface area contributed by atoms with Crippen LogP contribution in [-0.4, -0.2) is 25.8 Å². The van der Waals surface area contributed by atoms with Crippen LogP contribution in [0.25, 0.3) is 0 Å². The van der Waals surface area contributed by atoms with Crippen molar-refractivity contribution in [2.24, 2.45) is 5.10 Å². The maximum absolute atomic E-state index is 11.9. The van der Waals surface area contributed by atoms with Gasteiger partial charge in [0.1, 0.15) is 0 Å². The second kappa shape index (κ2) is 7.98. The molecule has 0 fully saturated rings. The van der Waals surface area contributed by atoms with Crippen molar-refractivity contribution in [1.29, 1.82) is 0 Å². The Bertz CT molecular complexity index is 694. The number of aryl methyl sites for hydroxylation is 1. The van der Waals surface area contributed by atoms with E-state index in [1.54, 1.807) is 31.5 Å². The van der Waals surface area contributed by atoms with Crippen LogP contribution >= 0.6 is 0 Å². The number of carbonyl (C=O) groups excluding carboxylic acids is 1. The number of amides is 1. The molecule has 0 spiro atoms. The third kappa shape index (κ3) is 4.57. The number of hydrogen-bond acceptors (Lipinski definition) is 4. The van der Waals surface area contributed by atoms with Gasteiger partial charge in [0.05, 0.1) is 19.9 Å². The minimum Gasteiger partial charge on any atom is -0.493 e. The van der Waals surface area contributed by atoms with Gasteiger partial charge in [-0.2, -0.15) is 5.10 Å². The minimum atomic E-state index is -0.251. The van der Waals surface area contributed by atoms with Crippen molar-refractivity contribution in [3.63, 3.8) is 0 Å². The van der Waals surface area contributed by atoms with Crippen molar-refractivity contribution in [3.05, 3.63) is 59.2 Å². The summed E-state index contributed by atoms with van der Waals surface area (Å²) in [5, 5.41) is 3.97. The first-order valence-electron chi connectivity index (χ1n) is 7.35. The van der Waals surface area contributed by atoms with Gasteiger partial charge in [-0.05, 0) is 49.7 Å². The highest BCUT2D eigenvalue weighted by Gasteiger charge is 2.05. The minimum absolute atomic E-state index is 0.251. The zero-order valence-electron chi connectivity index (χ0n) is 13.5. The van der Waals surface area contributed by atoms with Crippen molar-refractivity contribution in [2.75, 3.05) is 13.7 Å². The third-order valence-electron chi connectivity index (χ3n) is 3.18. The molecule has 0 bridgehead atoms. The fourth-order valence-electron chi connectivity index (χ4n) is 1.97. The van der Waals surface area contributed by atoms with Gasteiger partial charge in [0.25, 0.3) is 5.91 Å². The van der Waals surface area contributed by atoms with Gasteiger partial charge in [-0.25, -0.2) is 5.43 Å². The molecule has 0 atom stereocenters. The molecule has 1 amide bonds. The van der Waals surface area contributed by atoms with Gasteiger partial charge in [0, 0.05) is 5.56 Å². The molecule has 0 radical (unpaired) electrons. The molecule has 0 saturated heterocycles. The van der Waals surface area contributed by atoms with Gasteiger partial charge in [-0.15, -0.1) is 0 Å². The van der Waals surface area contributed by atoms with E-state index in [1.807, 2.05) is 38.1 Å². The van der Waals surface area contributed by atoms with Crippen molar-refractivity contribution >= 4 is 12.1 Å². The van der Waals surface area contributed by atoms with Crippen LogP contribution in [-0.2, 0) is 0 Å². The van der Waals surface area contributed by atoms with Crippen LogP contribution in [0.2, 0.25) is 0 Å². The maximum atomic E-state index is 11.9. The van der Waals surface area contributed by atoms with E-state index in [9.17, 15) is 4.79 Å². The second-order valence-corrected chi connectivity index (χ2v) is 4.91. The molecule has 5 nitrogen and oxygen atoms in total. The molecule has 0 aliphatic carbocycles. The number of nitrogens with zero attached hydrogens (tertiary/aromatic N) is 1. The number of carbonyl (C=O) groups is 1. The Balaban J connectivity index is 2.02. The van der Waals surface area contributed by atoms with Crippen molar-refractivity contribution in [1.82, 2.24) is 5.43 Å². The number of nitrogens with one attached hydrogen (secondary N) is 1. The summed E-state index contributed by atoms with van der Waals surface area (Å²) in [7, 11) is 1.58. The molecule has 2 rings (SSSR count). The van der Waals surface area contributed by atoms with Crippen LogP contribution in [0.3, 0.4) is 0 Å². The number of hydrogen-bond donors (Lipinski definition) is 1. The molecule has 0 unspecified atom stereocenters. The molecule has 0 aromatic heterocycles. The molecule has 1 N–H and O–H groups in total. The standard InChI is InChI=1S/C18H20N2O3/c1-4-23-16-10-7-14(11-17(16)22-3)12-19-20-18(21)15-8-5-13(2)6-9-15/h5-12H,4H2,1-3H3,(H,20,21)/b19-12-. The summed E-state index contributed by atoms with van der Waals surface area (Å²) in [4.78, 5) is 11.9. The SMILES string of the molecule is CCOc1ccc(/C=N\NC(=O)c2ccc(C)cc2)cc1OC. The summed E-state index contributed by atoms with van der Waals surface area (Å²) >= 11 is 0. The van der Waals surface area contributed by atoms with E-state index in [4.69, 9.17) is 9.47 Å². The smallest absolute Gasteiger partial charge is 0.271 e. The van der Waals surface area contributed by atoms with Crippen LogP contribution in [0.15, 0.2) is 47.6 Å². The Hall–Kier alpha value is -2.82. The number of rotatable bonds is 6. The van der Waals surface area contributed by atoms with E-state index in [0.717, 1.165) is 11.1 Å². The molecular weight excluding hydrogens is 292 g/mol. The maximum Gasteiger partial charge on any atom is 0.271 e. The fraction of sp³-hybridized carbons (Fsp3) is 0.222. The summed E-state index contributed by atoms with van der Waals surface area (Å²) in [5.41, 5.74) is 4.97. The van der Waals surface area contributed by atoms with Gasteiger partial charge in [-0.1, -0.05) is 17.7 Å². The van der Waals surface area contributed by atoms with Crippen LogP contribution < -0.4 is 14.9 Å². The van der Waals surface area contributed by atoms with Crippen molar-refractivity contribution in [3.8, 4) is 11.5 Å². The molecule has 0 saturated carbocycles. The molecule has 23 heavy (non-hydrogen) atoms. The number of hydrazone groups is 1. The lowest BCUT2D eigenvalue weighted by Crippen LogP contribution is -2.17. The highest BCUT2D eigenvalue weighted by Crippen LogP contribution is 2.27. The largest absolute Gasteiger partial charge is 0.493 e. The van der Waals surface area contributed by atoms with Gasteiger partial charge in [0.15, 0.2) is 11.5 Å². The summed E-state index contributed by atoms with van der Waals surface area (Å²) in [6, 6.07) is 12.7. The first-order chi connectivity index (χ1) is 11.1. The average Bonchev–Trinajstić information content (AvgIpc) is 2.56. The zero-order chi connectivity index (χ0) is 16.7. The van der Waals surface area contributed by atoms with E-state index >= 15 is 0 Å². The lowest BCUT2D eigenvalue weighted by atomic mass is 10.1. The first-order valence-corrected chi connectivity index (χ1v) is 7.35. The van der Waals surface area contributed by atoms with E-state index in [1.165, 1.54) is 0 Å². The molecule has 5 heteroatoms.